The van der Waals surface area contributed by atoms with Crippen LogP contribution in [0.4, 0.5) is 5.00 Å². The molecular formula is C23H29NO4S. The Kier molecular flexibility index (Phi) is 6.32. The lowest BCUT2D eigenvalue weighted by Gasteiger charge is -2.20. The van der Waals surface area contributed by atoms with Gasteiger partial charge in [-0.15, -0.1) is 11.3 Å². The van der Waals surface area contributed by atoms with Crippen LogP contribution in [0.2, 0.25) is 0 Å². The molecule has 1 aliphatic rings. The zero-order valence-electron chi connectivity index (χ0n) is 17.8. The number of hydrogen-bond donors (Lipinski definition) is 1. The van der Waals surface area contributed by atoms with Gasteiger partial charge in [-0.2, -0.15) is 0 Å². The summed E-state index contributed by atoms with van der Waals surface area (Å²) < 4.78 is 11.0. The molecule has 5 nitrogen and oxygen atoms in total. The van der Waals surface area contributed by atoms with Crippen molar-refractivity contribution in [2.24, 2.45) is 0 Å². The van der Waals surface area contributed by atoms with E-state index in [2.05, 4.69) is 26.1 Å². The summed E-state index contributed by atoms with van der Waals surface area (Å²) in [7, 11) is 0. The van der Waals surface area contributed by atoms with Crippen molar-refractivity contribution in [2.45, 2.75) is 65.4 Å². The van der Waals surface area contributed by atoms with Crippen molar-refractivity contribution >= 4 is 28.2 Å². The molecule has 0 unspecified atom stereocenters. The smallest absolute Gasteiger partial charge is 0.341 e. The van der Waals surface area contributed by atoms with E-state index in [0.717, 1.165) is 29.7 Å². The van der Waals surface area contributed by atoms with Gasteiger partial charge in [-0.1, -0.05) is 32.9 Å². The molecule has 0 fully saturated rings. The van der Waals surface area contributed by atoms with E-state index in [-0.39, 0.29) is 17.3 Å². The zero-order valence-corrected chi connectivity index (χ0v) is 18.6. The van der Waals surface area contributed by atoms with Crippen LogP contribution in [0.1, 0.15) is 67.4 Å². The number of aryl methyl sites for hydroxylation is 1. The normalized spacial score (nSPS) is 14.2. The van der Waals surface area contributed by atoms with Gasteiger partial charge in [-0.25, -0.2) is 4.79 Å². The van der Waals surface area contributed by atoms with E-state index in [1.807, 2.05) is 24.3 Å². The molecule has 0 saturated carbocycles. The minimum atomic E-state index is -0.692. The summed E-state index contributed by atoms with van der Waals surface area (Å²) in [5.74, 6) is -0.0103. The molecule has 3 rings (SSSR count). The highest BCUT2D eigenvalue weighted by molar-refractivity contribution is 7.17. The van der Waals surface area contributed by atoms with Crippen LogP contribution >= 0.6 is 11.3 Å². The molecule has 156 valence electrons. The minimum absolute atomic E-state index is 0.0601. The molecular weight excluding hydrogens is 386 g/mol. The van der Waals surface area contributed by atoms with Gasteiger partial charge in [0, 0.05) is 4.88 Å². The third-order valence-corrected chi connectivity index (χ3v) is 6.25. The van der Waals surface area contributed by atoms with Gasteiger partial charge in [0.15, 0.2) is 6.10 Å². The van der Waals surface area contributed by atoms with Crippen molar-refractivity contribution < 1.29 is 19.1 Å². The van der Waals surface area contributed by atoms with E-state index in [9.17, 15) is 9.59 Å². The van der Waals surface area contributed by atoms with Crippen LogP contribution in [0.5, 0.6) is 5.75 Å². The second-order valence-electron chi connectivity index (χ2n) is 8.31. The van der Waals surface area contributed by atoms with Crippen molar-refractivity contribution in [2.75, 3.05) is 11.9 Å². The van der Waals surface area contributed by atoms with Crippen LogP contribution < -0.4 is 10.1 Å². The van der Waals surface area contributed by atoms with Gasteiger partial charge in [-0.3, -0.25) is 4.79 Å². The number of hydrogen-bond acceptors (Lipinski definition) is 5. The maximum atomic E-state index is 12.7. The summed E-state index contributed by atoms with van der Waals surface area (Å²) in [4.78, 5) is 26.3. The molecule has 0 radical (unpaired) electrons. The number of rotatable bonds is 6. The first-order valence-electron chi connectivity index (χ1n) is 10.1. The average Bonchev–Trinajstić information content (AvgIpc) is 3.22. The highest BCUT2D eigenvalue weighted by atomic mass is 32.1. The molecule has 0 bridgehead atoms. The summed E-state index contributed by atoms with van der Waals surface area (Å²) in [5, 5.41) is 3.46. The minimum Gasteiger partial charge on any atom is -0.481 e. The Bertz CT molecular complexity index is 893. The second kappa shape index (κ2) is 8.57. The molecule has 2 aromatic rings. The number of amides is 1. The van der Waals surface area contributed by atoms with E-state index >= 15 is 0 Å². The molecule has 29 heavy (non-hydrogen) atoms. The van der Waals surface area contributed by atoms with Crippen molar-refractivity contribution in [3.05, 3.63) is 45.8 Å². The monoisotopic (exact) mass is 415 g/mol. The molecule has 1 amide bonds. The molecule has 1 aliphatic carbocycles. The van der Waals surface area contributed by atoms with Gasteiger partial charge in [0.05, 0.1) is 12.2 Å². The van der Waals surface area contributed by atoms with Gasteiger partial charge >= 0.3 is 5.97 Å². The lowest BCUT2D eigenvalue weighted by Crippen LogP contribution is -2.30. The molecule has 1 aromatic heterocycles. The first-order valence-corrected chi connectivity index (χ1v) is 10.9. The van der Waals surface area contributed by atoms with Crippen LogP contribution in [-0.2, 0) is 27.8 Å². The average molecular weight is 416 g/mol. The summed E-state index contributed by atoms with van der Waals surface area (Å²) in [6.45, 7) is 10.2. The van der Waals surface area contributed by atoms with Gasteiger partial charge in [0.2, 0.25) is 0 Å². The van der Waals surface area contributed by atoms with E-state index in [0.29, 0.717) is 22.9 Å². The summed E-state index contributed by atoms with van der Waals surface area (Å²) >= 11 is 1.47. The maximum absolute atomic E-state index is 12.7. The number of esters is 1. The van der Waals surface area contributed by atoms with Gasteiger partial charge < -0.3 is 14.8 Å². The first kappa shape index (κ1) is 21.4. The van der Waals surface area contributed by atoms with E-state index < -0.39 is 6.10 Å². The third kappa shape index (κ3) is 4.81. The third-order valence-electron chi connectivity index (χ3n) is 5.04. The second-order valence-corrected chi connectivity index (χ2v) is 9.41. The molecule has 1 N–H and O–H groups in total. The molecule has 1 heterocycles. The number of anilines is 1. The van der Waals surface area contributed by atoms with Gasteiger partial charge in [0.1, 0.15) is 10.8 Å². The SMILES string of the molecule is CCOC(=O)c1c(NC(=O)[C@H](C)Oc2ccc(C(C)(C)C)cc2)sc2c1CCC2. The van der Waals surface area contributed by atoms with Gasteiger partial charge in [-0.05, 0) is 61.8 Å². The molecule has 0 saturated heterocycles. The largest absolute Gasteiger partial charge is 0.481 e. The highest BCUT2D eigenvalue weighted by Crippen LogP contribution is 2.39. The van der Waals surface area contributed by atoms with Crippen LogP contribution in [0.3, 0.4) is 0 Å². The summed E-state index contributed by atoms with van der Waals surface area (Å²) in [5.41, 5.74) is 2.80. The Hall–Kier alpha value is -2.34. The lowest BCUT2D eigenvalue weighted by atomic mass is 9.87. The topological polar surface area (TPSA) is 64.6 Å². The fraction of sp³-hybridized carbons (Fsp3) is 0.478. The molecule has 1 atom stereocenters. The number of carbonyl (C=O) groups excluding carboxylic acids is 2. The van der Waals surface area contributed by atoms with Crippen LogP contribution in [0, 0.1) is 0 Å². The van der Waals surface area contributed by atoms with E-state index in [1.54, 1.807) is 13.8 Å². The molecule has 6 heteroatoms. The van der Waals surface area contributed by atoms with Crippen LogP contribution in [-0.4, -0.2) is 24.6 Å². The summed E-state index contributed by atoms with van der Waals surface area (Å²) in [6, 6.07) is 7.80. The van der Waals surface area contributed by atoms with Crippen LogP contribution in [0.15, 0.2) is 24.3 Å². The highest BCUT2D eigenvalue weighted by Gasteiger charge is 2.29. The van der Waals surface area contributed by atoms with Crippen molar-refractivity contribution in [1.29, 1.82) is 0 Å². The molecule has 1 aromatic carbocycles. The van der Waals surface area contributed by atoms with Gasteiger partial charge in [0.25, 0.3) is 5.91 Å². The lowest BCUT2D eigenvalue weighted by molar-refractivity contribution is -0.122. The zero-order chi connectivity index (χ0) is 21.2. The van der Waals surface area contributed by atoms with E-state index in [1.165, 1.54) is 16.9 Å². The van der Waals surface area contributed by atoms with E-state index in [4.69, 9.17) is 9.47 Å². The number of ether oxygens (including phenoxy) is 2. The quantitative estimate of drug-likeness (QED) is 0.665. The number of carbonyl (C=O) groups is 2. The number of thiophene rings is 1. The predicted octanol–water partition coefficient (Wildman–Crippen LogP) is 5.12. The first-order chi connectivity index (χ1) is 13.7. The number of nitrogens with one attached hydrogen (secondary N) is 1. The maximum Gasteiger partial charge on any atom is 0.341 e. The Labute approximate surface area is 176 Å². The fourth-order valence-electron chi connectivity index (χ4n) is 3.42. The van der Waals surface area contributed by atoms with Crippen molar-refractivity contribution in [1.82, 2.24) is 0 Å². The van der Waals surface area contributed by atoms with Crippen LogP contribution in [0.25, 0.3) is 0 Å². The Morgan fingerprint density at radius 3 is 2.48 bits per heavy atom. The fourth-order valence-corrected chi connectivity index (χ4v) is 4.70. The Balaban J connectivity index is 1.71. The standard InChI is InChI=1S/C23H29NO4S/c1-6-27-22(26)19-17-8-7-9-18(17)29-21(19)24-20(25)14(2)28-16-12-10-15(11-13-16)23(3,4)5/h10-14H,6-9H2,1-5H3,(H,24,25)/t14-/m0/s1. The number of fused-ring (bicyclic) bond motifs is 1. The molecule has 0 spiro atoms. The molecule has 0 aliphatic heterocycles. The Morgan fingerprint density at radius 1 is 1.17 bits per heavy atom. The number of benzene rings is 1. The summed E-state index contributed by atoms with van der Waals surface area (Å²) in [6.07, 6.45) is 2.13. The van der Waals surface area contributed by atoms with Crippen molar-refractivity contribution in [3.8, 4) is 5.75 Å². The predicted molar refractivity (Wildman–Crippen MR) is 116 cm³/mol. The Morgan fingerprint density at radius 2 is 1.86 bits per heavy atom. The van der Waals surface area contributed by atoms with Crippen molar-refractivity contribution in [3.63, 3.8) is 0 Å².